The Balaban J connectivity index is 1.85. The number of aryl methyl sites for hydroxylation is 1. The van der Waals surface area contributed by atoms with E-state index < -0.39 is 23.9 Å². The number of benzene rings is 1. The van der Waals surface area contributed by atoms with E-state index in [1.165, 1.54) is 47.4 Å². The molecule has 0 spiro atoms. The first-order valence-electron chi connectivity index (χ1n) is 7.64. The summed E-state index contributed by atoms with van der Waals surface area (Å²) >= 11 is 0. The molecule has 2 aromatic rings. The van der Waals surface area contributed by atoms with Gasteiger partial charge in [-0.3, -0.25) is 9.69 Å². The quantitative estimate of drug-likeness (QED) is 0.607. The zero-order valence-corrected chi connectivity index (χ0v) is 13.3. The molecule has 1 aromatic heterocycles. The van der Waals surface area contributed by atoms with Crippen LogP contribution in [-0.4, -0.2) is 28.4 Å². The van der Waals surface area contributed by atoms with Gasteiger partial charge in [-0.15, -0.1) is 0 Å². The van der Waals surface area contributed by atoms with E-state index >= 15 is 0 Å². The molecule has 0 aliphatic carbocycles. The lowest BCUT2D eigenvalue weighted by molar-refractivity contribution is -0.172. The van der Waals surface area contributed by atoms with Gasteiger partial charge in [-0.05, 0) is 37.1 Å². The minimum atomic E-state index is -4.42. The number of rotatable bonds is 2. The Bertz CT molecular complexity index is 808. The fourth-order valence-electron chi connectivity index (χ4n) is 2.78. The second-order valence-electron chi connectivity index (χ2n) is 5.81. The summed E-state index contributed by atoms with van der Waals surface area (Å²) in [5, 5.41) is 3.90. The van der Waals surface area contributed by atoms with Gasteiger partial charge in [-0.1, -0.05) is 12.1 Å². The van der Waals surface area contributed by atoms with E-state index in [2.05, 4.69) is 5.10 Å². The first-order valence-corrected chi connectivity index (χ1v) is 7.64. The molecule has 1 aromatic carbocycles. The second kappa shape index (κ2) is 6.34. The van der Waals surface area contributed by atoms with Crippen molar-refractivity contribution in [1.82, 2.24) is 9.78 Å². The summed E-state index contributed by atoms with van der Waals surface area (Å²) in [6.45, 7) is 1.53. The average molecular weight is 353 g/mol. The summed E-state index contributed by atoms with van der Waals surface area (Å²) in [5.41, 5.74) is 1.02. The van der Waals surface area contributed by atoms with E-state index in [0.717, 1.165) is 4.68 Å². The molecule has 0 saturated carbocycles. The predicted octanol–water partition coefficient (Wildman–Crippen LogP) is 3.88. The van der Waals surface area contributed by atoms with Gasteiger partial charge in [0.2, 0.25) is 0 Å². The smallest absolute Gasteiger partial charge is 0.293 e. The van der Waals surface area contributed by atoms with E-state index in [9.17, 15) is 22.4 Å². The molecule has 4 nitrogen and oxygen atoms in total. The number of amides is 1. The Kier molecular flexibility index (Phi) is 4.36. The first-order chi connectivity index (χ1) is 11.8. The summed E-state index contributed by atoms with van der Waals surface area (Å²) in [7, 11) is 0. The minimum absolute atomic E-state index is 0.0537. The number of aromatic nitrogens is 2. The van der Waals surface area contributed by atoms with Crippen molar-refractivity contribution >= 4 is 17.8 Å². The van der Waals surface area contributed by atoms with Crippen LogP contribution in [0.2, 0.25) is 0 Å². The van der Waals surface area contributed by atoms with E-state index in [4.69, 9.17) is 0 Å². The van der Waals surface area contributed by atoms with Gasteiger partial charge in [-0.2, -0.15) is 18.3 Å². The molecule has 0 saturated heterocycles. The Morgan fingerprint density at radius 3 is 2.60 bits per heavy atom. The third-order valence-corrected chi connectivity index (χ3v) is 3.97. The predicted molar refractivity (Wildman–Crippen MR) is 84.5 cm³/mol. The highest BCUT2D eigenvalue weighted by Crippen LogP contribution is 2.39. The van der Waals surface area contributed by atoms with Crippen molar-refractivity contribution in [1.29, 1.82) is 0 Å². The van der Waals surface area contributed by atoms with Gasteiger partial charge in [0.25, 0.3) is 5.91 Å². The van der Waals surface area contributed by atoms with Gasteiger partial charge in [0, 0.05) is 18.7 Å². The van der Waals surface area contributed by atoms with Crippen molar-refractivity contribution in [3.8, 4) is 0 Å². The fraction of sp³-hybridized carbons (Fsp3) is 0.294. The number of carbonyl (C=O) groups is 1. The lowest BCUT2D eigenvalue weighted by Gasteiger charge is -2.33. The van der Waals surface area contributed by atoms with Crippen molar-refractivity contribution in [2.24, 2.45) is 0 Å². The van der Waals surface area contributed by atoms with Crippen LogP contribution >= 0.6 is 0 Å². The first kappa shape index (κ1) is 17.2. The maximum atomic E-state index is 13.2. The standard InChI is InChI=1S/C17H15F4N3O/c1-11-10-15-23(9-8-14(17(19,20)21)24(15)22-11)16(25)7-4-12-2-5-13(18)6-3-12/h2-7,10,14H,8-9H2,1H3. The summed E-state index contributed by atoms with van der Waals surface area (Å²) < 4.78 is 53.2. The van der Waals surface area contributed by atoms with E-state index in [1.54, 1.807) is 6.92 Å². The topological polar surface area (TPSA) is 38.1 Å². The monoisotopic (exact) mass is 353 g/mol. The maximum Gasteiger partial charge on any atom is 0.410 e. The molecule has 0 radical (unpaired) electrons. The SMILES string of the molecule is Cc1cc2n(n1)C(C(F)(F)F)CCN2C(=O)C=Cc1ccc(F)cc1. The van der Waals surface area contributed by atoms with Gasteiger partial charge >= 0.3 is 6.18 Å². The number of hydrogen-bond donors (Lipinski definition) is 0. The van der Waals surface area contributed by atoms with Crippen molar-refractivity contribution < 1.29 is 22.4 Å². The van der Waals surface area contributed by atoms with Crippen molar-refractivity contribution in [2.45, 2.75) is 25.6 Å². The number of anilines is 1. The number of fused-ring (bicyclic) bond motifs is 1. The minimum Gasteiger partial charge on any atom is -0.293 e. The van der Waals surface area contributed by atoms with Crippen LogP contribution in [0.5, 0.6) is 0 Å². The van der Waals surface area contributed by atoms with Crippen molar-refractivity contribution in [3.63, 3.8) is 0 Å². The van der Waals surface area contributed by atoms with Crippen LogP contribution < -0.4 is 4.90 Å². The normalized spacial score (nSPS) is 17.8. The number of alkyl halides is 3. The highest BCUT2D eigenvalue weighted by Gasteiger charge is 2.45. The van der Waals surface area contributed by atoms with Crippen molar-refractivity contribution in [2.75, 3.05) is 11.4 Å². The number of nitrogens with zero attached hydrogens (tertiary/aromatic N) is 3. The van der Waals surface area contributed by atoms with Gasteiger partial charge in [0.1, 0.15) is 11.6 Å². The molecular formula is C17H15F4N3O. The summed E-state index contributed by atoms with van der Waals surface area (Å²) in [5.74, 6) is -0.719. The molecular weight excluding hydrogens is 338 g/mol. The fourth-order valence-corrected chi connectivity index (χ4v) is 2.78. The summed E-state index contributed by atoms with van der Waals surface area (Å²) in [6.07, 6.45) is -1.93. The molecule has 1 unspecified atom stereocenters. The molecule has 1 aliphatic rings. The molecule has 0 bridgehead atoms. The number of carbonyl (C=O) groups excluding carboxylic acids is 1. The molecule has 0 fully saturated rings. The lowest BCUT2D eigenvalue weighted by Crippen LogP contribution is -2.42. The zero-order chi connectivity index (χ0) is 18.2. The molecule has 1 atom stereocenters. The van der Waals surface area contributed by atoms with Gasteiger partial charge in [0.15, 0.2) is 6.04 Å². The van der Waals surface area contributed by atoms with Gasteiger partial charge < -0.3 is 0 Å². The molecule has 3 rings (SSSR count). The molecule has 2 heterocycles. The Morgan fingerprint density at radius 2 is 1.96 bits per heavy atom. The van der Waals surface area contributed by atoms with Crippen LogP contribution in [0.25, 0.3) is 6.08 Å². The zero-order valence-electron chi connectivity index (χ0n) is 13.3. The third-order valence-electron chi connectivity index (χ3n) is 3.97. The Hall–Kier alpha value is -2.64. The molecule has 1 aliphatic heterocycles. The summed E-state index contributed by atoms with van der Waals surface area (Å²) in [4.78, 5) is 13.7. The lowest BCUT2D eigenvalue weighted by atomic mass is 10.1. The highest BCUT2D eigenvalue weighted by atomic mass is 19.4. The summed E-state index contributed by atoms with van der Waals surface area (Å²) in [6, 6.07) is 5.25. The van der Waals surface area contributed by atoms with Crippen molar-refractivity contribution in [3.05, 3.63) is 53.5 Å². The molecule has 0 N–H and O–H groups in total. The molecule has 25 heavy (non-hydrogen) atoms. The van der Waals surface area contributed by atoms with Crippen LogP contribution in [0.3, 0.4) is 0 Å². The van der Waals surface area contributed by atoms with Gasteiger partial charge in [0.05, 0.1) is 5.69 Å². The second-order valence-corrected chi connectivity index (χ2v) is 5.81. The maximum absolute atomic E-state index is 13.2. The third kappa shape index (κ3) is 3.57. The molecule has 132 valence electrons. The van der Waals surface area contributed by atoms with Crippen LogP contribution in [0.4, 0.5) is 23.4 Å². The van der Waals surface area contributed by atoms with Crippen LogP contribution in [0.1, 0.15) is 23.7 Å². The Morgan fingerprint density at radius 1 is 1.28 bits per heavy atom. The van der Waals surface area contributed by atoms with E-state index in [0.29, 0.717) is 11.3 Å². The van der Waals surface area contributed by atoms with Crippen LogP contribution in [0, 0.1) is 12.7 Å². The average Bonchev–Trinajstić information content (AvgIpc) is 2.93. The van der Waals surface area contributed by atoms with Crippen LogP contribution in [-0.2, 0) is 4.79 Å². The van der Waals surface area contributed by atoms with E-state index in [1.807, 2.05) is 0 Å². The number of hydrogen-bond acceptors (Lipinski definition) is 2. The largest absolute Gasteiger partial charge is 0.410 e. The molecule has 8 heteroatoms. The number of halogens is 4. The Labute approximate surface area is 141 Å². The molecule has 1 amide bonds. The van der Waals surface area contributed by atoms with Crippen LogP contribution in [0.15, 0.2) is 36.4 Å². The van der Waals surface area contributed by atoms with E-state index in [-0.39, 0.29) is 18.8 Å². The van der Waals surface area contributed by atoms with Gasteiger partial charge in [-0.25, -0.2) is 9.07 Å². The highest BCUT2D eigenvalue weighted by molar-refractivity contribution is 6.03.